The van der Waals surface area contributed by atoms with Crippen molar-refractivity contribution in [2.75, 3.05) is 0 Å². The maximum atomic E-state index is 11.5. The standard InChI is InChI=1S/C14H24O/c1-11-5-3-7-13(9-11)14(10-15)8-4-6-12(14)2/h10-13H,3-9H2,1-2H3. The van der Waals surface area contributed by atoms with Gasteiger partial charge in [0.2, 0.25) is 0 Å². The molecule has 4 atom stereocenters. The lowest BCUT2D eigenvalue weighted by molar-refractivity contribution is -0.122. The second-order valence-electron chi connectivity index (χ2n) is 5.99. The molecule has 2 fully saturated rings. The Morgan fingerprint density at radius 1 is 1.13 bits per heavy atom. The van der Waals surface area contributed by atoms with Crippen molar-refractivity contribution >= 4 is 6.29 Å². The predicted molar refractivity (Wildman–Crippen MR) is 62.6 cm³/mol. The van der Waals surface area contributed by atoms with Gasteiger partial charge in [-0.05, 0) is 43.4 Å². The zero-order valence-corrected chi connectivity index (χ0v) is 10.2. The highest BCUT2D eigenvalue weighted by Crippen LogP contribution is 2.52. The van der Waals surface area contributed by atoms with Gasteiger partial charge in [-0.15, -0.1) is 0 Å². The van der Waals surface area contributed by atoms with Gasteiger partial charge in [-0.25, -0.2) is 0 Å². The van der Waals surface area contributed by atoms with Crippen LogP contribution in [0.4, 0.5) is 0 Å². The van der Waals surface area contributed by atoms with E-state index in [1.54, 1.807) is 0 Å². The highest BCUT2D eigenvalue weighted by atomic mass is 16.1. The van der Waals surface area contributed by atoms with Crippen molar-refractivity contribution in [3.63, 3.8) is 0 Å². The van der Waals surface area contributed by atoms with Gasteiger partial charge in [-0.2, -0.15) is 0 Å². The molecule has 0 aromatic rings. The van der Waals surface area contributed by atoms with E-state index in [-0.39, 0.29) is 5.41 Å². The van der Waals surface area contributed by atoms with Gasteiger partial charge < -0.3 is 4.79 Å². The van der Waals surface area contributed by atoms with Crippen molar-refractivity contribution in [2.24, 2.45) is 23.2 Å². The fraction of sp³-hybridized carbons (Fsp3) is 0.929. The Morgan fingerprint density at radius 3 is 2.47 bits per heavy atom. The van der Waals surface area contributed by atoms with Crippen LogP contribution in [0.25, 0.3) is 0 Å². The van der Waals surface area contributed by atoms with Crippen LogP contribution in [-0.2, 0) is 4.79 Å². The highest BCUT2D eigenvalue weighted by molar-refractivity contribution is 5.61. The van der Waals surface area contributed by atoms with Gasteiger partial charge in [0, 0.05) is 5.41 Å². The van der Waals surface area contributed by atoms with Crippen LogP contribution in [0.2, 0.25) is 0 Å². The number of aldehydes is 1. The zero-order chi connectivity index (χ0) is 10.9. The molecule has 2 rings (SSSR count). The lowest BCUT2D eigenvalue weighted by Crippen LogP contribution is -2.37. The summed E-state index contributed by atoms with van der Waals surface area (Å²) in [5.74, 6) is 2.16. The van der Waals surface area contributed by atoms with E-state index in [0.29, 0.717) is 11.8 Å². The van der Waals surface area contributed by atoms with Gasteiger partial charge in [0.25, 0.3) is 0 Å². The van der Waals surface area contributed by atoms with Crippen molar-refractivity contribution in [3.8, 4) is 0 Å². The first-order valence-electron chi connectivity index (χ1n) is 6.65. The van der Waals surface area contributed by atoms with Gasteiger partial charge in [-0.3, -0.25) is 0 Å². The fourth-order valence-corrected chi connectivity index (χ4v) is 4.03. The molecule has 0 aliphatic heterocycles. The summed E-state index contributed by atoms with van der Waals surface area (Å²) in [6.07, 6.45) is 10.3. The molecule has 0 heterocycles. The molecule has 1 nitrogen and oxygen atoms in total. The highest BCUT2D eigenvalue weighted by Gasteiger charge is 2.46. The van der Waals surface area contributed by atoms with Crippen LogP contribution in [0.3, 0.4) is 0 Å². The molecule has 0 aromatic carbocycles. The number of rotatable bonds is 2. The minimum Gasteiger partial charge on any atom is -0.303 e. The third kappa shape index (κ3) is 1.86. The van der Waals surface area contributed by atoms with E-state index in [2.05, 4.69) is 13.8 Å². The first-order valence-corrected chi connectivity index (χ1v) is 6.65. The molecule has 0 saturated heterocycles. The Balaban J connectivity index is 2.14. The molecule has 86 valence electrons. The Morgan fingerprint density at radius 2 is 1.93 bits per heavy atom. The van der Waals surface area contributed by atoms with Crippen LogP contribution in [0.1, 0.15) is 58.8 Å². The second-order valence-corrected chi connectivity index (χ2v) is 5.99. The molecule has 0 radical (unpaired) electrons. The van der Waals surface area contributed by atoms with Crippen molar-refractivity contribution in [2.45, 2.75) is 58.8 Å². The normalized spacial score (nSPS) is 46.7. The van der Waals surface area contributed by atoms with Crippen LogP contribution in [0, 0.1) is 23.2 Å². The van der Waals surface area contributed by atoms with E-state index in [1.807, 2.05) is 0 Å². The van der Waals surface area contributed by atoms with E-state index >= 15 is 0 Å². The minimum atomic E-state index is 0.0642. The molecule has 0 N–H and O–H groups in total. The monoisotopic (exact) mass is 208 g/mol. The molecule has 0 spiro atoms. The van der Waals surface area contributed by atoms with E-state index in [0.717, 1.165) is 12.3 Å². The van der Waals surface area contributed by atoms with E-state index in [1.165, 1.54) is 44.8 Å². The van der Waals surface area contributed by atoms with Crippen molar-refractivity contribution in [1.29, 1.82) is 0 Å². The molecule has 0 aromatic heterocycles. The predicted octanol–water partition coefficient (Wildman–Crippen LogP) is 3.82. The van der Waals surface area contributed by atoms with E-state index < -0.39 is 0 Å². The largest absolute Gasteiger partial charge is 0.303 e. The molecular formula is C14H24O. The Hall–Kier alpha value is -0.330. The second kappa shape index (κ2) is 4.27. The third-order valence-electron chi connectivity index (χ3n) is 5.08. The molecule has 2 aliphatic rings. The van der Waals surface area contributed by atoms with Gasteiger partial charge in [-0.1, -0.05) is 33.1 Å². The summed E-state index contributed by atoms with van der Waals surface area (Å²) in [5, 5.41) is 0. The molecule has 0 bridgehead atoms. The molecular weight excluding hydrogens is 184 g/mol. The van der Waals surface area contributed by atoms with E-state index in [4.69, 9.17) is 0 Å². The van der Waals surface area contributed by atoms with Gasteiger partial charge >= 0.3 is 0 Å². The molecule has 2 saturated carbocycles. The minimum absolute atomic E-state index is 0.0642. The summed E-state index contributed by atoms with van der Waals surface area (Å²) in [6.45, 7) is 4.64. The van der Waals surface area contributed by atoms with Crippen LogP contribution in [0.15, 0.2) is 0 Å². The molecule has 15 heavy (non-hydrogen) atoms. The number of carbonyl (C=O) groups excluding carboxylic acids is 1. The summed E-state index contributed by atoms with van der Waals surface area (Å²) in [4.78, 5) is 11.5. The van der Waals surface area contributed by atoms with Crippen LogP contribution >= 0.6 is 0 Å². The average Bonchev–Trinajstić information content (AvgIpc) is 2.61. The summed E-state index contributed by atoms with van der Waals surface area (Å²) in [6, 6.07) is 0. The van der Waals surface area contributed by atoms with Crippen molar-refractivity contribution in [3.05, 3.63) is 0 Å². The number of hydrogen-bond donors (Lipinski definition) is 0. The van der Waals surface area contributed by atoms with Gasteiger partial charge in [0.1, 0.15) is 6.29 Å². The topological polar surface area (TPSA) is 17.1 Å². The molecule has 2 aliphatic carbocycles. The van der Waals surface area contributed by atoms with Gasteiger partial charge in [0.05, 0.1) is 0 Å². The summed E-state index contributed by atoms with van der Waals surface area (Å²) in [7, 11) is 0. The summed E-state index contributed by atoms with van der Waals surface area (Å²) in [5.41, 5.74) is 0.0642. The smallest absolute Gasteiger partial charge is 0.126 e. The SMILES string of the molecule is CC1CCCC(C2(C=O)CCCC2C)C1. The maximum absolute atomic E-state index is 11.5. The van der Waals surface area contributed by atoms with Crippen LogP contribution < -0.4 is 0 Å². The Kier molecular flexibility index (Phi) is 3.18. The quantitative estimate of drug-likeness (QED) is 0.630. The Labute approximate surface area is 93.6 Å². The molecule has 1 heteroatoms. The molecule has 0 amide bonds. The first kappa shape index (κ1) is 11.2. The lowest BCUT2D eigenvalue weighted by Gasteiger charge is -2.40. The average molecular weight is 208 g/mol. The van der Waals surface area contributed by atoms with E-state index in [9.17, 15) is 4.79 Å². The van der Waals surface area contributed by atoms with Crippen molar-refractivity contribution in [1.82, 2.24) is 0 Å². The fourth-order valence-electron chi connectivity index (χ4n) is 4.03. The molecule has 4 unspecified atom stereocenters. The number of carbonyl (C=O) groups is 1. The van der Waals surface area contributed by atoms with Crippen LogP contribution in [0.5, 0.6) is 0 Å². The zero-order valence-electron chi connectivity index (χ0n) is 10.2. The Bertz CT molecular complexity index is 235. The summed E-state index contributed by atoms with van der Waals surface area (Å²) >= 11 is 0. The third-order valence-corrected chi connectivity index (χ3v) is 5.08. The summed E-state index contributed by atoms with van der Waals surface area (Å²) < 4.78 is 0. The van der Waals surface area contributed by atoms with Gasteiger partial charge in [0.15, 0.2) is 0 Å². The van der Waals surface area contributed by atoms with Crippen molar-refractivity contribution < 1.29 is 4.79 Å². The van der Waals surface area contributed by atoms with Crippen LogP contribution in [-0.4, -0.2) is 6.29 Å². The lowest BCUT2D eigenvalue weighted by atomic mass is 9.63. The first-order chi connectivity index (χ1) is 7.19. The maximum Gasteiger partial charge on any atom is 0.126 e. The number of hydrogen-bond acceptors (Lipinski definition) is 1.